The molecule has 0 radical (unpaired) electrons. The Balaban J connectivity index is 1.85. The number of nitrogens with one attached hydrogen (secondary N) is 1. The zero-order chi connectivity index (χ0) is 23.5. The highest BCUT2D eigenvalue weighted by molar-refractivity contribution is 5.94. The Hall–Kier alpha value is -3.39. The van der Waals surface area contributed by atoms with E-state index in [0.29, 0.717) is 48.8 Å². The average Bonchev–Trinajstić information content (AvgIpc) is 3.08. The third-order valence-electron chi connectivity index (χ3n) is 6.03. The second-order valence-electron chi connectivity index (χ2n) is 8.38. The zero-order valence-electron chi connectivity index (χ0n) is 19.3. The van der Waals surface area contributed by atoms with Gasteiger partial charge in [0.15, 0.2) is 0 Å². The van der Waals surface area contributed by atoms with Crippen LogP contribution in [0, 0.1) is 6.92 Å². The highest BCUT2D eigenvalue weighted by Crippen LogP contribution is 2.29. The predicted molar refractivity (Wildman–Crippen MR) is 130 cm³/mol. The van der Waals surface area contributed by atoms with Gasteiger partial charge in [0.05, 0.1) is 29.1 Å². The van der Waals surface area contributed by atoms with Crippen molar-refractivity contribution < 1.29 is 14.6 Å². The Kier molecular flexibility index (Phi) is 6.65. The molecular weight excluding hydrogens is 420 g/mol. The summed E-state index contributed by atoms with van der Waals surface area (Å²) >= 11 is 0. The zero-order valence-corrected chi connectivity index (χ0v) is 19.3. The Morgan fingerprint density at radius 3 is 2.79 bits per heavy atom. The number of aryl methyl sites for hydroxylation is 1. The van der Waals surface area contributed by atoms with Gasteiger partial charge in [-0.2, -0.15) is 0 Å². The van der Waals surface area contributed by atoms with Crippen molar-refractivity contribution in [1.82, 2.24) is 9.55 Å². The first-order valence-electron chi connectivity index (χ1n) is 11.4. The lowest BCUT2D eigenvalue weighted by molar-refractivity contribution is 0.0698. The Bertz CT molecular complexity index is 1230. The van der Waals surface area contributed by atoms with Crippen molar-refractivity contribution in [2.45, 2.75) is 39.8 Å². The summed E-state index contributed by atoms with van der Waals surface area (Å²) in [6.45, 7) is 9.15. The molecule has 1 saturated heterocycles. The smallest absolute Gasteiger partial charge is 0.337 e. The van der Waals surface area contributed by atoms with Crippen LogP contribution in [0.1, 0.15) is 47.8 Å². The van der Waals surface area contributed by atoms with E-state index >= 15 is 0 Å². The maximum atomic E-state index is 13.5. The van der Waals surface area contributed by atoms with E-state index in [1.54, 1.807) is 28.8 Å². The molecule has 8 heteroatoms. The van der Waals surface area contributed by atoms with Crippen LogP contribution in [-0.2, 0) is 11.3 Å². The highest BCUT2D eigenvalue weighted by Gasteiger charge is 2.22. The third kappa shape index (κ3) is 4.57. The number of hydrogen-bond acceptors (Lipinski definition) is 6. The number of benzene rings is 2. The quantitative estimate of drug-likeness (QED) is 0.589. The Morgan fingerprint density at radius 2 is 2.03 bits per heavy atom. The molecule has 1 aliphatic rings. The van der Waals surface area contributed by atoms with Gasteiger partial charge in [-0.1, -0.05) is 18.2 Å². The molecule has 1 aromatic heterocycles. The highest BCUT2D eigenvalue weighted by atomic mass is 16.5. The van der Waals surface area contributed by atoms with Crippen molar-refractivity contribution in [3.8, 4) is 0 Å². The third-order valence-corrected chi connectivity index (χ3v) is 6.03. The Labute approximate surface area is 192 Å². The van der Waals surface area contributed by atoms with Gasteiger partial charge in [0.2, 0.25) is 5.95 Å². The molecule has 1 atom stereocenters. The van der Waals surface area contributed by atoms with Crippen LogP contribution < -0.4 is 15.8 Å². The molecule has 0 amide bonds. The van der Waals surface area contributed by atoms with E-state index in [0.717, 1.165) is 24.1 Å². The summed E-state index contributed by atoms with van der Waals surface area (Å²) < 4.78 is 7.33. The van der Waals surface area contributed by atoms with Crippen LogP contribution in [0.5, 0.6) is 0 Å². The van der Waals surface area contributed by atoms with Crippen molar-refractivity contribution in [3.63, 3.8) is 0 Å². The fraction of sp³-hybridized carbons (Fsp3) is 0.400. The monoisotopic (exact) mass is 450 g/mol. The van der Waals surface area contributed by atoms with Gasteiger partial charge in [-0.3, -0.25) is 9.36 Å². The second kappa shape index (κ2) is 9.62. The lowest BCUT2D eigenvalue weighted by atomic mass is 10.0. The van der Waals surface area contributed by atoms with Gasteiger partial charge in [-0.25, -0.2) is 9.78 Å². The summed E-state index contributed by atoms with van der Waals surface area (Å²) in [4.78, 5) is 32.3. The van der Waals surface area contributed by atoms with Crippen LogP contribution in [0.2, 0.25) is 0 Å². The van der Waals surface area contributed by atoms with Crippen LogP contribution in [0.3, 0.4) is 0 Å². The second-order valence-corrected chi connectivity index (χ2v) is 8.38. The van der Waals surface area contributed by atoms with Gasteiger partial charge in [-0.15, -0.1) is 0 Å². The summed E-state index contributed by atoms with van der Waals surface area (Å²) in [5.41, 5.74) is 3.12. The first-order valence-corrected chi connectivity index (χ1v) is 11.4. The molecule has 2 N–H and O–H groups in total. The van der Waals surface area contributed by atoms with Crippen LogP contribution in [0.25, 0.3) is 10.9 Å². The molecule has 0 aliphatic carbocycles. The van der Waals surface area contributed by atoms with Crippen LogP contribution in [0.15, 0.2) is 41.2 Å². The molecule has 0 spiro atoms. The number of hydrogen-bond donors (Lipinski definition) is 2. The minimum atomic E-state index is -0.992. The fourth-order valence-corrected chi connectivity index (χ4v) is 4.40. The summed E-state index contributed by atoms with van der Waals surface area (Å²) in [5, 5.41) is 13.4. The topological polar surface area (TPSA) is 96.7 Å². The van der Waals surface area contributed by atoms with Gasteiger partial charge in [0.1, 0.15) is 0 Å². The standard InChI is InChI=1S/C25H30N4O4/c1-4-29-23(30)20-15-16(2)14-19(17(3)26-21-9-6-5-8-18(21)24(31)32)22(20)27-25(29)28-10-7-12-33-13-11-28/h5-6,8-9,14-15,17,26H,4,7,10-13H2,1-3H3,(H,31,32). The molecule has 8 nitrogen and oxygen atoms in total. The fourth-order valence-electron chi connectivity index (χ4n) is 4.40. The number of aromatic nitrogens is 2. The number of fused-ring (bicyclic) bond motifs is 1. The molecule has 3 aromatic rings. The summed E-state index contributed by atoms with van der Waals surface area (Å²) in [5.74, 6) is -0.335. The van der Waals surface area contributed by atoms with Gasteiger partial charge >= 0.3 is 5.97 Å². The number of para-hydroxylation sites is 1. The number of rotatable bonds is 6. The van der Waals surface area contributed by atoms with E-state index in [4.69, 9.17) is 9.72 Å². The SMILES string of the molecule is CCn1c(N2CCCOCC2)nc2c(C(C)Nc3ccccc3C(=O)O)cc(C)cc2c1=O. The number of ether oxygens (including phenoxy) is 1. The van der Waals surface area contributed by atoms with Crippen LogP contribution >= 0.6 is 0 Å². The number of nitrogens with zero attached hydrogens (tertiary/aromatic N) is 3. The normalized spacial score (nSPS) is 15.3. The Morgan fingerprint density at radius 1 is 1.24 bits per heavy atom. The van der Waals surface area contributed by atoms with Gasteiger partial charge in [0.25, 0.3) is 5.56 Å². The maximum Gasteiger partial charge on any atom is 0.337 e. The molecule has 33 heavy (non-hydrogen) atoms. The molecular formula is C25H30N4O4. The van der Waals surface area contributed by atoms with Crippen LogP contribution in [-0.4, -0.2) is 46.9 Å². The number of aromatic carboxylic acids is 1. The first-order chi connectivity index (χ1) is 15.9. The van der Waals surface area contributed by atoms with Crippen molar-refractivity contribution >= 4 is 28.5 Å². The van der Waals surface area contributed by atoms with Crippen molar-refractivity contribution in [2.24, 2.45) is 0 Å². The molecule has 0 saturated carbocycles. The van der Waals surface area contributed by atoms with E-state index in [-0.39, 0.29) is 17.2 Å². The average molecular weight is 451 g/mol. The van der Waals surface area contributed by atoms with Crippen LogP contribution in [0.4, 0.5) is 11.6 Å². The van der Waals surface area contributed by atoms with Gasteiger partial charge < -0.3 is 20.1 Å². The van der Waals surface area contributed by atoms with Crippen molar-refractivity contribution in [1.29, 1.82) is 0 Å². The van der Waals surface area contributed by atoms with Crippen molar-refractivity contribution in [3.05, 3.63) is 63.4 Å². The molecule has 1 fully saturated rings. The number of carbonyl (C=O) groups is 1. The summed E-state index contributed by atoms with van der Waals surface area (Å²) in [7, 11) is 0. The number of anilines is 2. The number of carboxylic acid groups (broad SMARTS) is 1. The molecule has 2 aromatic carbocycles. The van der Waals surface area contributed by atoms with E-state index in [2.05, 4.69) is 10.2 Å². The van der Waals surface area contributed by atoms with Gasteiger partial charge in [-0.05, 0) is 51.0 Å². The van der Waals surface area contributed by atoms with Gasteiger partial charge in [0, 0.05) is 37.5 Å². The first kappa shape index (κ1) is 22.8. The minimum Gasteiger partial charge on any atom is -0.478 e. The molecule has 1 aliphatic heterocycles. The van der Waals surface area contributed by atoms with E-state index in [1.807, 2.05) is 32.9 Å². The number of carboxylic acids is 1. The molecule has 2 heterocycles. The van der Waals surface area contributed by atoms with E-state index in [1.165, 1.54) is 0 Å². The largest absolute Gasteiger partial charge is 0.478 e. The maximum absolute atomic E-state index is 13.5. The van der Waals surface area contributed by atoms with Crippen molar-refractivity contribution in [2.75, 3.05) is 36.5 Å². The lowest BCUT2D eigenvalue weighted by Gasteiger charge is -2.26. The lowest BCUT2D eigenvalue weighted by Crippen LogP contribution is -2.34. The summed E-state index contributed by atoms with van der Waals surface area (Å²) in [6, 6.07) is 10.5. The minimum absolute atomic E-state index is 0.0641. The molecule has 1 unspecified atom stereocenters. The summed E-state index contributed by atoms with van der Waals surface area (Å²) in [6.07, 6.45) is 0.877. The van der Waals surface area contributed by atoms with E-state index in [9.17, 15) is 14.7 Å². The van der Waals surface area contributed by atoms with E-state index < -0.39 is 5.97 Å². The predicted octanol–water partition coefficient (Wildman–Crippen LogP) is 3.82. The molecule has 174 valence electrons. The molecule has 0 bridgehead atoms. The molecule has 4 rings (SSSR count).